The van der Waals surface area contributed by atoms with Crippen LogP contribution in [0.3, 0.4) is 0 Å². The summed E-state index contributed by atoms with van der Waals surface area (Å²) in [6, 6.07) is 29.4. The summed E-state index contributed by atoms with van der Waals surface area (Å²) in [6.07, 6.45) is 1.67. The Labute approximate surface area is 256 Å². The summed E-state index contributed by atoms with van der Waals surface area (Å²) in [4.78, 5) is 26.7. The van der Waals surface area contributed by atoms with E-state index in [4.69, 9.17) is 4.74 Å². The topological polar surface area (TPSA) is 114 Å². The van der Waals surface area contributed by atoms with Crippen LogP contribution in [-0.4, -0.2) is 32.6 Å². The highest BCUT2D eigenvalue weighted by Gasteiger charge is 2.26. The van der Waals surface area contributed by atoms with Crippen LogP contribution in [0.4, 0.5) is 0 Å². The van der Waals surface area contributed by atoms with Gasteiger partial charge >= 0.3 is 5.97 Å². The monoisotopic (exact) mass is 607 g/mol. The summed E-state index contributed by atoms with van der Waals surface area (Å²) < 4.78 is 34.5. The number of carbonyl (C=O) groups is 2. The van der Waals surface area contributed by atoms with Gasteiger partial charge in [-0.1, -0.05) is 98.3 Å². The fourth-order valence-corrected chi connectivity index (χ4v) is 6.16. The van der Waals surface area contributed by atoms with Gasteiger partial charge in [0.25, 0.3) is 5.91 Å². The number of nitrogens with one attached hydrogen (secondary N) is 2. The molecule has 0 unspecified atom stereocenters. The normalized spacial score (nSPS) is 12.5. The van der Waals surface area contributed by atoms with Gasteiger partial charge in [0.15, 0.2) is 0 Å². The second-order valence-corrected chi connectivity index (χ2v) is 12.7. The quantitative estimate of drug-likeness (QED) is 0.0830. The van der Waals surface area contributed by atoms with Crippen molar-refractivity contribution in [1.82, 2.24) is 10.1 Å². The molecule has 0 spiro atoms. The van der Waals surface area contributed by atoms with E-state index in [0.717, 1.165) is 27.1 Å². The molecule has 0 fully saturated rings. The first-order valence-corrected chi connectivity index (χ1v) is 15.7. The van der Waals surface area contributed by atoms with E-state index in [1.54, 1.807) is 30.3 Å². The standard InChI is InChI=1S/C35H33N3O5S/c1-23(2)21-32(38-44(41,42)27-18-15-24(3)16-19-27)34(39)37-36-22-31-29-13-7-5-10-26(29)17-20-33(31)43-35(40)30-14-8-11-25-9-4-6-12-28(25)30/h4-20,22-23,32,38H,21H2,1-3H3,(H,37,39)/b36-22-/t32-/m0/s1. The lowest BCUT2D eigenvalue weighted by molar-refractivity contribution is -0.123. The summed E-state index contributed by atoms with van der Waals surface area (Å²) in [7, 11) is -3.96. The Morgan fingerprint density at radius 3 is 2.16 bits per heavy atom. The Morgan fingerprint density at radius 2 is 1.45 bits per heavy atom. The average molecular weight is 608 g/mol. The fraction of sp³-hybridized carbons (Fsp3) is 0.171. The Balaban J connectivity index is 1.40. The van der Waals surface area contributed by atoms with Crippen LogP contribution in [0.2, 0.25) is 0 Å². The highest BCUT2D eigenvalue weighted by Crippen LogP contribution is 2.28. The van der Waals surface area contributed by atoms with E-state index in [-0.39, 0.29) is 23.0 Å². The van der Waals surface area contributed by atoms with Gasteiger partial charge in [-0.05, 0) is 65.1 Å². The number of nitrogens with zero attached hydrogens (tertiary/aromatic N) is 1. The smallest absolute Gasteiger partial charge is 0.344 e. The van der Waals surface area contributed by atoms with Crippen LogP contribution < -0.4 is 14.9 Å². The third kappa shape index (κ3) is 7.02. The first-order valence-electron chi connectivity index (χ1n) is 14.3. The molecule has 0 aliphatic heterocycles. The minimum atomic E-state index is -3.96. The number of ether oxygens (including phenoxy) is 1. The number of hydrogen-bond donors (Lipinski definition) is 2. The van der Waals surface area contributed by atoms with Gasteiger partial charge in [-0.3, -0.25) is 4.79 Å². The van der Waals surface area contributed by atoms with E-state index in [9.17, 15) is 18.0 Å². The number of hydrogen-bond acceptors (Lipinski definition) is 6. The zero-order valence-corrected chi connectivity index (χ0v) is 25.5. The van der Waals surface area contributed by atoms with E-state index >= 15 is 0 Å². The van der Waals surface area contributed by atoms with Crippen molar-refractivity contribution in [1.29, 1.82) is 0 Å². The van der Waals surface area contributed by atoms with E-state index < -0.39 is 27.9 Å². The van der Waals surface area contributed by atoms with Crippen LogP contribution in [0.25, 0.3) is 21.5 Å². The van der Waals surface area contributed by atoms with Crippen molar-refractivity contribution in [3.05, 3.63) is 120 Å². The predicted molar refractivity (Wildman–Crippen MR) is 173 cm³/mol. The van der Waals surface area contributed by atoms with Crippen LogP contribution in [0.15, 0.2) is 113 Å². The largest absolute Gasteiger partial charge is 0.422 e. The Morgan fingerprint density at radius 1 is 0.818 bits per heavy atom. The fourth-order valence-electron chi connectivity index (χ4n) is 4.95. The molecule has 1 atom stereocenters. The molecule has 0 aliphatic carbocycles. The molecule has 224 valence electrons. The summed E-state index contributed by atoms with van der Waals surface area (Å²) in [6.45, 7) is 5.66. The van der Waals surface area contributed by atoms with Crippen LogP contribution in [-0.2, 0) is 14.8 Å². The number of aryl methyl sites for hydroxylation is 1. The van der Waals surface area contributed by atoms with Crippen LogP contribution in [0.5, 0.6) is 5.75 Å². The maximum atomic E-state index is 13.4. The number of rotatable bonds is 10. The molecule has 5 rings (SSSR count). The number of carbonyl (C=O) groups excluding carboxylic acids is 2. The molecule has 9 heteroatoms. The average Bonchev–Trinajstić information content (AvgIpc) is 3.01. The first-order chi connectivity index (χ1) is 21.1. The van der Waals surface area contributed by atoms with Crippen molar-refractivity contribution in [2.45, 2.75) is 38.1 Å². The minimum Gasteiger partial charge on any atom is -0.422 e. The first kappa shape index (κ1) is 30.6. The highest BCUT2D eigenvalue weighted by atomic mass is 32.2. The van der Waals surface area contributed by atoms with Gasteiger partial charge in [0.1, 0.15) is 11.8 Å². The predicted octanol–water partition coefficient (Wildman–Crippen LogP) is 6.36. The Bertz CT molecular complexity index is 1960. The molecule has 2 N–H and O–H groups in total. The van der Waals surface area contributed by atoms with E-state index in [0.29, 0.717) is 11.1 Å². The second-order valence-electron chi connectivity index (χ2n) is 11.0. The summed E-state index contributed by atoms with van der Waals surface area (Å²) in [5.41, 5.74) is 4.31. The number of sulfonamides is 1. The molecule has 0 saturated heterocycles. The van der Waals surface area contributed by atoms with Crippen molar-refractivity contribution < 1.29 is 22.7 Å². The summed E-state index contributed by atoms with van der Waals surface area (Å²) >= 11 is 0. The Hall–Kier alpha value is -4.86. The molecular formula is C35H33N3O5S. The lowest BCUT2D eigenvalue weighted by Crippen LogP contribution is -2.46. The van der Waals surface area contributed by atoms with E-state index in [1.807, 2.05) is 81.4 Å². The van der Waals surface area contributed by atoms with Gasteiger partial charge in [0.05, 0.1) is 16.7 Å². The second kappa shape index (κ2) is 13.2. The number of hydrazone groups is 1. The highest BCUT2D eigenvalue weighted by molar-refractivity contribution is 7.89. The molecule has 1 amide bonds. The van der Waals surface area contributed by atoms with E-state index in [1.165, 1.54) is 18.3 Å². The Kier molecular flexibility index (Phi) is 9.18. The SMILES string of the molecule is Cc1ccc(S(=O)(=O)N[C@@H](CC(C)C)C(=O)N/N=C\c2c(OC(=O)c3cccc4ccccc34)ccc3ccccc23)cc1. The molecule has 0 heterocycles. The van der Waals surface area contributed by atoms with Gasteiger partial charge in [-0.25, -0.2) is 18.6 Å². The van der Waals surface area contributed by atoms with E-state index in [2.05, 4.69) is 15.2 Å². The number of fused-ring (bicyclic) bond motifs is 2. The van der Waals surface area contributed by atoms with Gasteiger partial charge in [0, 0.05) is 5.56 Å². The van der Waals surface area contributed by atoms with Crippen molar-refractivity contribution in [2.24, 2.45) is 11.0 Å². The molecule has 0 aliphatic rings. The van der Waals surface area contributed by atoms with Crippen molar-refractivity contribution in [2.75, 3.05) is 0 Å². The van der Waals surface area contributed by atoms with Gasteiger partial charge < -0.3 is 4.74 Å². The molecule has 5 aromatic carbocycles. The molecule has 44 heavy (non-hydrogen) atoms. The van der Waals surface area contributed by atoms with Crippen molar-refractivity contribution in [3.63, 3.8) is 0 Å². The van der Waals surface area contributed by atoms with Crippen LogP contribution >= 0.6 is 0 Å². The molecule has 0 radical (unpaired) electrons. The third-order valence-electron chi connectivity index (χ3n) is 7.16. The van der Waals surface area contributed by atoms with Gasteiger partial charge in [-0.15, -0.1) is 0 Å². The maximum absolute atomic E-state index is 13.4. The van der Waals surface area contributed by atoms with Crippen molar-refractivity contribution in [3.8, 4) is 5.75 Å². The number of benzene rings is 5. The zero-order chi connectivity index (χ0) is 31.3. The zero-order valence-electron chi connectivity index (χ0n) is 24.7. The molecule has 0 bridgehead atoms. The third-order valence-corrected chi connectivity index (χ3v) is 8.65. The molecule has 0 saturated carbocycles. The molecule has 5 aromatic rings. The van der Waals surface area contributed by atoms with Crippen molar-refractivity contribution >= 4 is 49.7 Å². The summed E-state index contributed by atoms with van der Waals surface area (Å²) in [5.74, 6) is -0.856. The lowest BCUT2D eigenvalue weighted by Gasteiger charge is -2.19. The van der Waals surface area contributed by atoms with Gasteiger partial charge in [-0.2, -0.15) is 9.82 Å². The van der Waals surface area contributed by atoms with Crippen LogP contribution in [0, 0.1) is 12.8 Å². The van der Waals surface area contributed by atoms with Gasteiger partial charge in [0.2, 0.25) is 10.0 Å². The molecular weight excluding hydrogens is 574 g/mol. The molecule has 8 nitrogen and oxygen atoms in total. The number of amides is 1. The minimum absolute atomic E-state index is 0.0218. The maximum Gasteiger partial charge on any atom is 0.344 e. The van der Waals surface area contributed by atoms with Crippen LogP contribution in [0.1, 0.15) is 41.8 Å². The lowest BCUT2D eigenvalue weighted by atomic mass is 10.0. The molecule has 0 aromatic heterocycles. The number of esters is 1. The summed E-state index contributed by atoms with van der Waals surface area (Å²) in [5, 5.41) is 7.50.